The van der Waals surface area contributed by atoms with Gasteiger partial charge in [-0.2, -0.15) is 0 Å². The van der Waals surface area contributed by atoms with Crippen LogP contribution in [0.25, 0.3) is 0 Å². The molecule has 0 bridgehead atoms. The van der Waals surface area contributed by atoms with Crippen LogP contribution in [0.4, 0.5) is 8.78 Å². The summed E-state index contributed by atoms with van der Waals surface area (Å²) in [5.41, 5.74) is 0.811. The van der Waals surface area contributed by atoms with Gasteiger partial charge in [0, 0.05) is 12.6 Å². The summed E-state index contributed by atoms with van der Waals surface area (Å²) in [7, 11) is 0. The first-order valence-electron chi connectivity index (χ1n) is 6.87. The first-order valence-corrected chi connectivity index (χ1v) is 6.87. The second-order valence-corrected chi connectivity index (χ2v) is 5.20. The third-order valence-corrected chi connectivity index (χ3v) is 3.71. The Kier molecular flexibility index (Phi) is 4.70. The Balaban J connectivity index is 1.91. The molecule has 2 rings (SSSR count). The Labute approximate surface area is 108 Å². The van der Waals surface area contributed by atoms with Crippen molar-refractivity contribution < 1.29 is 8.78 Å². The number of halogens is 2. The maximum absolute atomic E-state index is 13.2. The molecule has 0 N–H and O–H groups in total. The molecule has 1 saturated heterocycles. The Morgan fingerprint density at radius 3 is 2.56 bits per heavy atom. The van der Waals surface area contributed by atoms with E-state index in [0.29, 0.717) is 0 Å². The van der Waals surface area contributed by atoms with E-state index in [-0.39, 0.29) is 5.92 Å². The van der Waals surface area contributed by atoms with Crippen molar-refractivity contribution in [1.82, 2.24) is 4.90 Å². The van der Waals surface area contributed by atoms with E-state index in [4.69, 9.17) is 0 Å². The lowest BCUT2D eigenvalue weighted by Crippen LogP contribution is -2.21. The molecule has 0 aliphatic carbocycles. The van der Waals surface area contributed by atoms with E-state index in [0.717, 1.165) is 37.7 Å². The minimum absolute atomic E-state index is 0.289. The molecule has 1 aromatic carbocycles. The number of hydrogen-bond donors (Lipinski definition) is 0. The van der Waals surface area contributed by atoms with Gasteiger partial charge in [0.15, 0.2) is 0 Å². The molecule has 1 heterocycles. The third-order valence-electron chi connectivity index (χ3n) is 3.71. The Morgan fingerprint density at radius 2 is 1.89 bits per heavy atom. The highest BCUT2D eigenvalue weighted by Crippen LogP contribution is 2.28. The molecule has 0 radical (unpaired) electrons. The van der Waals surface area contributed by atoms with E-state index in [9.17, 15) is 8.78 Å². The van der Waals surface area contributed by atoms with Crippen molar-refractivity contribution in [2.24, 2.45) is 0 Å². The molecule has 1 aliphatic heterocycles. The van der Waals surface area contributed by atoms with Crippen LogP contribution in [-0.2, 0) is 0 Å². The number of nitrogens with zero attached hydrogens (tertiary/aromatic N) is 1. The second kappa shape index (κ2) is 6.28. The number of rotatable bonds is 5. The molecule has 1 fully saturated rings. The van der Waals surface area contributed by atoms with Gasteiger partial charge in [0.05, 0.1) is 0 Å². The van der Waals surface area contributed by atoms with Crippen molar-refractivity contribution in [3.05, 3.63) is 35.4 Å². The topological polar surface area (TPSA) is 3.24 Å². The molecule has 0 spiro atoms. The van der Waals surface area contributed by atoms with Gasteiger partial charge in [-0.25, -0.2) is 8.78 Å². The lowest BCUT2D eigenvalue weighted by molar-refractivity contribution is 0.325. The van der Waals surface area contributed by atoms with E-state index >= 15 is 0 Å². The fraction of sp³-hybridized carbons (Fsp3) is 0.600. The second-order valence-electron chi connectivity index (χ2n) is 5.20. The molecule has 18 heavy (non-hydrogen) atoms. The lowest BCUT2D eigenvalue weighted by atomic mass is 9.98. The highest BCUT2D eigenvalue weighted by atomic mass is 19.1. The van der Waals surface area contributed by atoms with Crippen LogP contribution in [0.15, 0.2) is 18.2 Å². The van der Waals surface area contributed by atoms with E-state index in [1.165, 1.54) is 31.4 Å². The highest BCUT2D eigenvalue weighted by Gasteiger charge is 2.24. The molecule has 100 valence electrons. The smallest absolute Gasteiger partial charge is 0.126 e. The maximum Gasteiger partial charge on any atom is 0.126 e. The Hall–Kier alpha value is -0.960. The first kappa shape index (κ1) is 13.5. The van der Waals surface area contributed by atoms with E-state index in [1.807, 2.05) is 0 Å². The van der Waals surface area contributed by atoms with Crippen molar-refractivity contribution in [3.8, 4) is 0 Å². The minimum atomic E-state index is -0.463. The van der Waals surface area contributed by atoms with Gasteiger partial charge in [-0.1, -0.05) is 19.8 Å². The van der Waals surface area contributed by atoms with Gasteiger partial charge in [-0.05, 0) is 49.5 Å². The summed E-state index contributed by atoms with van der Waals surface area (Å²) in [6.07, 6.45) is 4.72. The summed E-state index contributed by atoms with van der Waals surface area (Å²) in [4.78, 5) is 2.41. The largest absolute Gasteiger partial charge is 0.303 e. The molecule has 1 aliphatic rings. The van der Waals surface area contributed by atoms with Gasteiger partial charge < -0.3 is 4.90 Å². The molecule has 1 nitrogen and oxygen atoms in total. The van der Waals surface area contributed by atoms with Gasteiger partial charge in [-0.15, -0.1) is 0 Å². The summed E-state index contributed by atoms with van der Waals surface area (Å²) < 4.78 is 26.3. The Bertz CT molecular complexity index is 372. The van der Waals surface area contributed by atoms with Crippen LogP contribution < -0.4 is 0 Å². The van der Waals surface area contributed by atoms with Gasteiger partial charge in [0.2, 0.25) is 0 Å². The quantitative estimate of drug-likeness (QED) is 0.718. The van der Waals surface area contributed by atoms with Crippen LogP contribution in [0.3, 0.4) is 0 Å². The number of unbranched alkanes of at least 4 members (excludes halogenated alkanes) is 2. The van der Waals surface area contributed by atoms with Gasteiger partial charge in [0.25, 0.3) is 0 Å². The van der Waals surface area contributed by atoms with Crippen molar-refractivity contribution in [3.63, 3.8) is 0 Å². The monoisotopic (exact) mass is 253 g/mol. The van der Waals surface area contributed by atoms with Crippen LogP contribution in [0.2, 0.25) is 0 Å². The summed E-state index contributed by atoms with van der Waals surface area (Å²) in [6, 6.07) is 3.89. The van der Waals surface area contributed by atoms with Crippen LogP contribution >= 0.6 is 0 Å². The zero-order valence-electron chi connectivity index (χ0n) is 11.0. The minimum Gasteiger partial charge on any atom is -0.303 e. The summed E-state index contributed by atoms with van der Waals surface area (Å²) in [5, 5.41) is 0. The number of likely N-dealkylation sites (tertiary alicyclic amines) is 1. The standard InChI is InChI=1S/C15H21F2N/c1-2-3-4-6-18-7-5-12(11-18)13-8-14(16)10-15(17)9-13/h8-10,12H,2-7,11H2,1H3/t12-/m0/s1. The molecule has 0 aromatic heterocycles. The highest BCUT2D eigenvalue weighted by molar-refractivity contribution is 5.23. The van der Waals surface area contributed by atoms with Crippen LogP contribution in [0, 0.1) is 11.6 Å². The normalized spacial score (nSPS) is 20.5. The third kappa shape index (κ3) is 3.52. The van der Waals surface area contributed by atoms with Gasteiger partial charge >= 0.3 is 0 Å². The fourth-order valence-electron chi connectivity index (χ4n) is 2.70. The summed E-state index contributed by atoms with van der Waals surface area (Å²) in [5.74, 6) is -0.638. The molecule has 1 atom stereocenters. The maximum atomic E-state index is 13.2. The van der Waals surface area contributed by atoms with E-state index in [2.05, 4.69) is 11.8 Å². The van der Waals surface area contributed by atoms with Crippen molar-refractivity contribution in [2.45, 2.75) is 38.5 Å². The molecule has 3 heteroatoms. The molecule has 0 saturated carbocycles. The Morgan fingerprint density at radius 1 is 1.17 bits per heavy atom. The van der Waals surface area contributed by atoms with Crippen LogP contribution in [0.5, 0.6) is 0 Å². The van der Waals surface area contributed by atoms with Crippen LogP contribution in [-0.4, -0.2) is 24.5 Å². The molecular formula is C15H21F2N. The molecule has 0 unspecified atom stereocenters. The molecule has 1 aromatic rings. The number of hydrogen-bond acceptors (Lipinski definition) is 1. The van der Waals surface area contributed by atoms with Gasteiger partial charge in [0.1, 0.15) is 11.6 Å². The predicted molar refractivity (Wildman–Crippen MR) is 69.7 cm³/mol. The summed E-state index contributed by atoms with van der Waals surface area (Å²) in [6.45, 7) is 5.30. The molecule has 0 amide bonds. The van der Waals surface area contributed by atoms with Crippen LogP contribution in [0.1, 0.15) is 44.1 Å². The number of benzene rings is 1. The average molecular weight is 253 g/mol. The lowest BCUT2D eigenvalue weighted by Gasteiger charge is -2.16. The van der Waals surface area contributed by atoms with E-state index in [1.54, 1.807) is 0 Å². The molecular weight excluding hydrogens is 232 g/mol. The van der Waals surface area contributed by atoms with Crippen molar-refractivity contribution in [2.75, 3.05) is 19.6 Å². The SMILES string of the molecule is CCCCCN1CC[C@H](c2cc(F)cc(F)c2)C1. The fourth-order valence-corrected chi connectivity index (χ4v) is 2.70. The average Bonchev–Trinajstić information content (AvgIpc) is 2.77. The summed E-state index contributed by atoms with van der Waals surface area (Å²) >= 11 is 0. The zero-order valence-corrected chi connectivity index (χ0v) is 11.0. The first-order chi connectivity index (χ1) is 8.69. The van der Waals surface area contributed by atoms with Crippen molar-refractivity contribution in [1.29, 1.82) is 0 Å². The van der Waals surface area contributed by atoms with Crippen molar-refractivity contribution >= 4 is 0 Å². The predicted octanol–water partition coefficient (Wildman–Crippen LogP) is 3.94. The van der Waals surface area contributed by atoms with E-state index < -0.39 is 11.6 Å². The zero-order chi connectivity index (χ0) is 13.0. The van der Waals surface area contributed by atoms with Gasteiger partial charge in [-0.3, -0.25) is 0 Å².